The Balaban J connectivity index is 2.41. The van der Waals surface area contributed by atoms with Gasteiger partial charge in [-0.15, -0.1) is 4.73 Å². The fourth-order valence-corrected chi connectivity index (χ4v) is 2.64. The largest absolute Gasteiger partial charge is 0.424 e. The number of hydrogen-bond donors (Lipinski definition) is 2. The van der Waals surface area contributed by atoms with Crippen LogP contribution in [0.2, 0.25) is 0 Å². The van der Waals surface area contributed by atoms with E-state index in [0.29, 0.717) is 0 Å². The molecule has 19 heteroatoms. The summed E-state index contributed by atoms with van der Waals surface area (Å²) in [5.41, 5.74) is -1.66. The average Bonchev–Trinajstić information content (AvgIpc) is 3.12. The molecule has 1 aromatic rings. The fourth-order valence-electron chi connectivity index (χ4n) is 2.64. The number of hydrazine groups is 4. The predicted molar refractivity (Wildman–Crippen MR) is 75.1 cm³/mol. The first-order valence-electron chi connectivity index (χ1n) is 6.32. The highest BCUT2D eigenvalue weighted by Crippen LogP contribution is 2.42. The van der Waals surface area contributed by atoms with E-state index in [0.717, 1.165) is 0 Å². The SMILES string of the molecule is N=c1c2c(n(O)c3c1N([N+](=O)[O-])CN3[N+](=O)[O-])N([N+](=O)[O-])CN2[N+](=O)[O-]. The fraction of sp³-hybridized carbons (Fsp3) is 0.286. The molecule has 2 N–H and O–H groups in total. The van der Waals surface area contributed by atoms with Crippen LogP contribution in [0.5, 0.6) is 0 Å². The zero-order chi connectivity index (χ0) is 19.5. The molecule has 0 radical (unpaired) electrons. The van der Waals surface area contributed by atoms with Gasteiger partial charge in [-0.25, -0.2) is 40.5 Å². The number of anilines is 4. The molecule has 0 saturated heterocycles. The van der Waals surface area contributed by atoms with Crippen molar-refractivity contribution in [2.75, 3.05) is 33.4 Å². The van der Waals surface area contributed by atoms with Gasteiger partial charge in [0.15, 0.2) is 31.5 Å². The molecule has 0 saturated carbocycles. The zero-order valence-electron chi connectivity index (χ0n) is 12.2. The van der Waals surface area contributed by atoms with Crippen LogP contribution >= 0.6 is 0 Å². The van der Waals surface area contributed by atoms with Gasteiger partial charge in [0, 0.05) is 0 Å². The highest BCUT2D eigenvalue weighted by atomic mass is 16.7. The number of fused-ring (bicyclic) bond motifs is 2. The maximum absolute atomic E-state index is 11.1. The van der Waals surface area contributed by atoms with E-state index in [9.17, 15) is 45.7 Å². The van der Waals surface area contributed by atoms with Crippen molar-refractivity contribution in [1.82, 2.24) is 4.73 Å². The number of aromatic nitrogens is 1. The van der Waals surface area contributed by atoms with Crippen molar-refractivity contribution in [2.24, 2.45) is 0 Å². The van der Waals surface area contributed by atoms with Crippen LogP contribution in [0.1, 0.15) is 0 Å². The van der Waals surface area contributed by atoms with Crippen LogP contribution in [-0.4, -0.2) is 43.4 Å². The number of pyridine rings is 1. The maximum atomic E-state index is 11.1. The Morgan fingerprint density at radius 2 is 1.04 bits per heavy atom. The van der Waals surface area contributed by atoms with Crippen molar-refractivity contribution in [3.63, 3.8) is 0 Å². The molecule has 3 heterocycles. The topological polar surface area (TPSA) is 235 Å². The second kappa shape index (κ2) is 5.02. The van der Waals surface area contributed by atoms with Crippen LogP contribution < -0.4 is 25.4 Å². The van der Waals surface area contributed by atoms with E-state index >= 15 is 0 Å². The van der Waals surface area contributed by atoms with E-state index in [-0.39, 0.29) is 24.8 Å². The highest BCUT2D eigenvalue weighted by molar-refractivity contribution is 5.82. The van der Waals surface area contributed by atoms with Gasteiger partial charge < -0.3 is 5.21 Å². The van der Waals surface area contributed by atoms with E-state index in [1.165, 1.54) is 0 Å². The van der Waals surface area contributed by atoms with Gasteiger partial charge in [0.05, 0.1) is 0 Å². The van der Waals surface area contributed by atoms with Crippen molar-refractivity contribution in [3.05, 3.63) is 45.8 Å². The molecule has 0 spiro atoms. The van der Waals surface area contributed by atoms with Gasteiger partial charge in [-0.05, 0) is 10.0 Å². The number of nitrogens with zero attached hydrogens (tertiary/aromatic N) is 9. The lowest BCUT2D eigenvalue weighted by Gasteiger charge is -2.13. The van der Waals surface area contributed by atoms with Crippen LogP contribution in [0.3, 0.4) is 0 Å². The van der Waals surface area contributed by atoms with Crippen LogP contribution in [-0.2, 0) is 0 Å². The van der Waals surface area contributed by atoms with E-state index in [1.54, 1.807) is 0 Å². The molecule has 3 rings (SSSR count). The molecule has 0 amide bonds. The van der Waals surface area contributed by atoms with Crippen LogP contribution in [0.15, 0.2) is 0 Å². The Morgan fingerprint density at radius 1 is 0.731 bits per heavy atom. The molecule has 2 aliphatic heterocycles. The summed E-state index contributed by atoms with van der Waals surface area (Å²) in [6.07, 6.45) is 0. The molecule has 138 valence electrons. The first-order chi connectivity index (χ1) is 12.1. The first kappa shape index (κ1) is 16.4. The molecule has 2 aliphatic rings. The minimum absolute atomic E-state index is 0.0728. The number of rotatable bonds is 4. The standard InChI is InChI=1S/C7H6N10O9/c8-3-4-6(11(16(23)24)1-9(4)14(19)20)13(18)7-5(3)10(15(21)22)2-12(7)17(25)26/h8,18H,1-2H2. The van der Waals surface area contributed by atoms with E-state index in [2.05, 4.69) is 0 Å². The second-order valence-electron chi connectivity index (χ2n) is 4.86. The minimum atomic E-state index is -1.14. The molecule has 1 aromatic heterocycles. The Labute approximate surface area is 139 Å². The molecule has 0 fully saturated rings. The lowest BCUT2D eigenvalue weighted by atomic mass is 10.3. The summed E-state index contributed by atoms with van der Waals surface area (Å²) in [4.78, 5) is 44.5. The average molecular weight is 374 g/mol. The third kappa shape index (κ3) is 1.90. The smallest absolute Gasteiger partial charge is 0.245 e. The molecule has 0 bridgehead atoms. The van der Waals surface area contributed by atoms with Crippen molar-refractivity contribution >= 4 is 23.0 Å². The summed E-state index contributed by atoms with van der Waals surface area (Å²) in [5, 5.41) is 57.6. The molecular weight excluding hydrogens is 368 g/mol. The quantitative estimate of drug-likeness (QED) is 0.334. The maximum Gasteiger partial charge on any atom is 0.245 e. The third-order valence-corrected chi connectivity index (χ3v) is 3.63. The van der Waals surface area contributed by atoms with Crippen LogP contribution in [0, 0.1) is 45.9 Å². The predicted octanol–water partition coefficient (Wildman–Crippen LogP) is -1.86. The highest BCUT2D eigenvalue weighted by Gasteiger charge is 2.52. The third-order valence-electron chi connectivity index (χ3n) is 3.63. The van der Waals surface area contributed by atoms with Gasteiger partial charge in [0.2, 0.25) is 25.0 Å². The van der Waals surface area contributed by atoms with Gasteiger partial charge in [-0.3, -0.25) is 5.41 Å². The van der Waals surface area contributed by atoms with Crippen LogP contribution in [0.4, 0.5) is 23.0 Å². The number of hydrogen-bond acceptors (Lipinski definition) is 10. The second-order valence-corrected chi connectivity index (χ2v) is 4.86. The number of nitro groups is 4. The Kier molecular flexibility index (Phi) is 3.17. The molecule has 26 heavy (non-hydrogen) atoms. The molecule has 0 unspecified atom stereocenters. The summed E-state index contributed by atoms with van der Waals surface area (Å²) in [6, 6.07) is 0. The first-order valence-corrected chi connectivity index (χ1v) is 6.32. The van der Waals surface area contributed by atoms with Gasteiger partial charge in [-0.1, -0.05) is 10.0 Å². The summed E-state index contributed by atoms with van der Waals surface area (Å²) >= 11 is 0. The Bertz CT molecular complexity index is 870. The van der Waals surface area contributed by atoms with Crippen molar-refractivity contribution < 1.29 is 25.3 Å². The van der Waals surface area contributed by atoms with Gasteiger partial charge >= 0.3 is 0 Å². The number of nitrogens with one attached hydrogen (secondary N) is 1. The Hall–Kier alpha value is -4.45. The van der Waals surface area contributed by atoms with Gasteiger partial charge in [0.25, 0.3) is 0 Å². The summed E-state index contributed by atoms with van der Waals surface area (Å²) in [6.45, 7) is -2.08. The van der Waals surface area contributed by atoms with Gasteiger partial charge in [0.1, 0.15) is 5.36 Å². The molecule has 0 atom stereocenters. The zero-order valence-corrected chi connectivity index (χ0v) is 12.2. The molecule has 0 aromatic carbocycles. The minimum Gasteiger partial charge on any atom is -0.424 e. The van der Waals surface area contributed by atoms with E-state index < -0.39 is 61.8 Å². The molecule has 0 aliphatic carbocycles. The van der Waals surface area contributed by atoms with E-state index in [4.69, 9.17) is 5.41 Å². The normalized spacial score (nSPS) is 15.1. The van der Waals surface area contributed by atoms with Crippen molar-refractivity contribution in [3.8, 4) is 0 Å². The van der Waals surface area contributed by atoms with Crippen molar-refractivity contribution in [1.29, 1.82) is 5.41 Å². The summed E-state index contributed by atoms with van der Waals surface area (Å²) in [7, 11) is 0. The summed E-state index contributed by atoms with van der Waals surface area (Å²) in [5.74, 6) is -1.85. The molecular formula is C7H6N10O9. The van der Waals surface area contributed by atoms with Crippen molar-refractivity contribution in [2.45, 2.75) is 0 Å². The van der Waals surface area contributed by atoms with Crippen LogP contribution in [0.25, 0.3) is 0 Å². The lowest BCUT2D eigenvalue weighted by Crippen LogP contribution is -2.40. The van der Waals surface area contributed by atoms with E-state index in [1.807, 2.05) is 0 Å². The van der Waals surface area contributed by atoms with Gasteiger partial charge in [-0.2, -0.15) is 0 Å². The Morgan fingerprint density at radius 3 is 1.31 bits per heavy atom. The molecule has 19 nitrogen and oxygen atoms in total. The monoisotopic (exact) mass is 374 g/mol. The lowest BCUT2D eigenvalue weighted by molar-refractivity contribution is -0.521. The summed E-state index contributed by atoms with van der Waals surface area (Å²) < 4.78 is -0.151.